The molecule has 2 N–H and O–H groups in total. The number of aromatic nitrogens is 2. The van der Waals surface area contributed by atoms with Crippen molar-refractivity contribution < 1.29 is 14.3 Å². The summed E-state index contributed by atoms with van der Waals surface area (Å²) in [5, 5.41) is 0.0952. The second kappa shape index (κ2) is 7.98. The van der Waals surface area contributed by atoms with E-state index in [1.807, 2.05) is 6.07 Å². The van der Waals surface area contributed by atoms with Gasteiger partial charge in [-0.3, -0.25) is 9.59 Å². The molecule has 1 aromatic heterocycles. The van der Waals surface area contributed by atoms with Crippen molar-refractivity contribution in [3.8, 4) is 5.69 Å². The van der Waals surface area contributed by atoms with Crippen LogP contribution in [0.2, 0.25) is 0 Å². The van der Waals surface area contributed by atoms with Crippen LogP contribution < -0.4 is 16.2 Å². The fourth-order valence-corrected chi connectivity index (χ4v) is 3.08. The van der Waals surface area contributed by atoms with E-state index in [0.717, 1.165) is 0 Å². The highest BCUT2D eigenvalue weighted by Crippen LogP contribution is 2.23. The fraction of sp³-hybridized carbons (Fsp3) is 0.273. The van der Waals surface area contributed by atoms with E-state index < -0.39 is 23.2 Å². The van der Waals surface area contributed by atoms with Crippen LogP contribution in [0.15, 0.2) is 53.3 Å². The predicted octanol–water partition coefficient (Wildman–Crippen LogP) is 3.25. The molecule has 0 saturated carbocycles. The zero-order valence-corrected chi connectivity index (χ0v) is 17.4. The third-order valence-electron chi connectivity index (χ3n) is 4.33. The predicted molar refractivity (Wildman–Crippen MR) is 115 cm³/mol. The van der Waals surface area contributed by atoms with Crippen molar-refractivity contribution in [3.63, 3.8) is 0 Å². The first kappa shape index (κ1) is 21.0. The van der Waals surface area contributed by atoms with Crippen molar-refractivity contribution in [1.82, 2.24) is 9.55 Å². The van der Waals surface area contributed by atoms with Crippen molar-refractivity contribution in [2.75, 3.05) is 11.4 Å². The molecule has 1 heterocycles. The van der Waals surface area contributed by atoms with Gasteiger partial charge in [-0.2, -0.15) is 0 Å². The Bertz CT molecular complexity index is 1160. The number of hydrogen-bond acceptors (Lipinski definition) is 5. The molecule has 3 rings (SSSR count). The Morgan fingerprint density at radius 3 is 2.33 bits per heavy atom. The molecule has 0 spiro atoms. The van der Waals surface area contributed by atoms with Gasteiger partial charge in [-0.1, -0.05) is 24.3 Å². The van der Waals surface area contributed by atoms with Gasteiger partial charge in [0.05, 0.1) is 22.2 Å². The van der Waals surface area contributed by atoms with E-state index >= 15 is 0 Å². The van der Waals surface area contributed by atoms with Crippen LogP contribution in [0.3, 0.4) is 0 Å². The highest BCUT2D eigenvalue weighted by molar-refractivity contribution is 6.05. The number of primary amides is 1. The van der Waals surface area contributed by atoms with Gasteiger partial charge in [-0.25, -0.2) is 19.2 Å². The van der Waals surface area contributed by atoms with Crippen molar-refractivity contribution in [3.05, 3.63) is 64.4 Å². The third kappa shape index (κ3) is 4.03. The minimum absolute atomic E-state index is 0.0709. The Labute approximate surface area is 173 Å². The minimum atomic E-state index is -0.730. The Morgan fingerprint density at radius 1 is 1.10 bits per heavy atom. The summed E-state index contributed by atoms with van der Waals surface area (Å²) in [5.41, 5.74) is 5.08. The summed E-state index contributed by atoms with van der Waals surface area (Å²) in [6, 6.07) is 13.4. The molecule has 8 heteroatoms. The lowest BCUT2D eigenvalue weighted by Crippen LogP contribution is -2.40. The summed E-state index contributed by atoms with van der Waals surface area (Å²) in [6.07, 6.45) is -0.632. The quantitative estimate of drug-likeness (QED) is 0.713. The van der Waals surface area contributed by atoms with Crippen molar-refractivity contribution in [2.24, 2.45) is 5.73 Å². The van der Waals surface area contributed by atoms with Gasteiger partial charge >= 0.3 is 6.09 Å². The van der Waals surface area contributed by atoms with E-state index in [1.165, 1.54) is 15.5 Å². The summed E-state index contributed by atoms with van der Waals surface area (Å²) in [4.78, 5) is 44.2. The first-order chi connectivity index (χ1) is 14.1. The number of hydrogen-bond donors (Lipinski definition) is 1. The lowest BCUT2D eigenvalue weighted by molar-refractivity contribution is 0.0579. The van der Waals surface area contributed by atoms with Gasteiger partial charge in [-0.05, 0) is 52.0 Å². The molecule has 8 nitrogen and oxygen atoms in total. The molecule has 0 unspecified atom stereocenters. The molecule has 0 fully saturated rings. The molecule has 2 amide bonds. The van der Waals surface area contributed by atoms with Crippen molar-refractivity contribution >= 4 is 28.9 Å². The molecule has 156 valence electrons. The van der Waals surface area contributed by atoms with Gasteiger partial charge in [0, 0.05) is 6.54 Å². The van der Waals surface area contributed by atoms with Crippen LogP contribution in [-0.2, 0) is 4.74 Å². The average molecular weight is 408 g/mol. The number of benzene rings is 2. The monoisotopic (exact) mass is 408 g/mol. The first-order valence-corrected chi connectivity index (χ1v) is 9.55. The van der Waals surface area contributed by atoms with E-state index in [2.05, 4.69) is 4.98 Å². The zero-order valence-electron chi connectivity index (χ0n) is 17.4. The van der Waals surface area contributed by atoms with Gasteiger partial charge in [0.1, 0.15) is 5.60 Å². The number of nitrogens with zero attached hydrogens (tertiary/aromatic N) is 3. The summed E-state index contributed by atoms with van der Waals surface area (Å²) < 4.78 is 6.80. The highest BCUT2D eigenvalue weighted by atomic mass is 16.6. The lowest BCUT2D eigenvalue weighted by Gasteiger charge is -2.27. The number of carbonyl (C=O) groups is 2. The number of carbonyl (C=O) groups excluding carboxylic acids is 2. The second-order valence-corrected chi connectivity index (χ2v) is 7.68. The molecular weight excluding hydrogens is 384 g/mol. The summed E-state index contributed by atoms with van der Waals surface area (Å²) >= 11 is 0. The van der Waals surface area contributed by atoms with Crippen molar-refractivity contribution in [1.29, 1.82) is 0 Å². The largest absolute Gasteiger partial charge is 0.443 e. The van der Waals surface area contributed by atoms with Crippen LogP contribution in [0.25, 0.3) is 16.6 Å². The lowest BCUT2D eigenvalue weighted by atomic mass is 10.1. The van der Waals surface area contributed by atoms with Crippen LogP contribution in [-0.4, -0.2) is 33.7 Å². The molecule has 0 bridgehead atoms. The molecule has 0 radical (unpaired) electrons. The third-order valence-corrected chi connectivity index (χ3v) is 4.33. The number of anilines is 1. The molecule has 0 saturated heterocycles. The topological polar surface area (TPSA) is 108 Å². The standard InChI is InChI=1S/C22H24N4O4/c1-5-25(21(29)30-22(2,3)4)20-24-16-13-9-12-15(18(23)27)17(16)19(28)26(20)14-10-7-6-8-11-14/h6-13H,5H2,1-4H3,(H2,23,27). The summed E-state index contributed by atoms with van der Waals surface area (Å²) in [6.45, 7) is 7.26. The molecule has 0 aliphatic carbocycles. The number of nitrogens with two attached hydrogens (primary N) is 1. The van der Waals surface area contributed by atoms with Gasteiger partial charge in [0.25, 0.3) is 5.56 Å². The fourth-order valence-electron chi connectivity index (χ4n) is 3.08. The van der Waals surface area contributed by atoms with Crippen LogP contribution in [0, 0.1) is 0 Å². The molecule has 2 aromatic carbocycles. The highest BCUT2D eigenvalue weighted by Gasteiger charge is 2.27. The summed E-state index contributed by atoms with van der Waals surface area (Å²) in [5.74, 6) is -0.636. The van der Waals surface area contributed by atoms with Crippen LogP contribution >= 0.6 is 0 Å². The number of amides is 2. The van der Waals surface area contributed by atoms with E-state index in [4.69, 9.17) is 10.5 Å². The zero-order chi connectivity index (χ0) is 22.1. The van der Waals surface area contributed by atoms with Gasteiger partial charge in [0.2, 0.25) is 11.9 Å². The Balaban J connectivity index is 2.37. The van der Waals surface area contributed by atoms with E-state index in [0.29, 0.717) is 5.69 Å². The molecular formula is C22H24N4O4. The number of ether oxygens (including phenoxy) is 1. The van der Waals surface area contributed by atoms with Gasteiger partial charge < -0.3 is 10.5 Å². The van der Waals surface area contributed by atoms with Crippen molar-refractivity contribution in [2.45, 2.75) is 33.3 Å². The average Bonchev–Trinajstić information content (AvgIpc) is 2.67. The molecule has 0 aliphatic rings. The molecule has 3 aromatic rings. The van der Waals surface area contributed by atoms with Crippen LogP contribution in [0.5, 0.6) is 0 Å². The van der Waals surface area contributed by atoms with Gasteiger partial charge in [-0.15, -0.1) is 0 Å². The molecule has 0 atom stereocenters. The first-order valence-electron chi connectivity index (χ1n) is 9.55. The Morgan fingerprint density at radius 2 is 1.77 bits per heavy atom. The maximum atomic E-state index is 13.5. The van der Waals surface area contributed by atoms with Gasteiger partial charge in [0.15, 0.2) is 0 Å². The van der Waals surface area contributed by atoms with E-state index in [1.54, 1.807) is 64.1 Å². The van der Waals surface area contributed by atoms with E-state index in [-0.39, 0.29) is 29.0 Å². The maximum absolute atomic E-state index is 13.5. The normalized spacial score (nSPS) is 11.3. The number of rotatable bonds is 4. The smallest absolute Gasteiger partial charge is 0.417 e. The van der Waals surface area contributed by atoms with Crippen LogP contribution in [0.1, 0.15) is 38.1 Å². The molecule has 30 heavy (non-hydrogen) atoms. The minimum Gasteiger partial charge on any atom is -0.443 e. The van der Waals surface area contributed by atoms with E-state index in [9.17, 15) is 14.4 Å². The molecule has 0 aliphatic heterocycles. The number of fused-ring (bicyclic) bond motifs is 1. The SMILES string of the molecule is CCN(C(=O)OC(C)(C)C)c1nc2cccc(C(N)=O)c2c(=O)n1-c1ccccc1. The maximum Gasteiger partial charge on any atom is 0.417 e. The second-order valence-electron chi connectivity index (χ2n) is 7.68. The Hall–Kier alpha value is -3.68. The van der Waals surface area contributed by atoms with Crippen LogP contribution in [0.4, 0.5) is 10.7 Å². The number of para-hydroxylation sites is 1. The Kier molecular flexibility index (Phi) is 5.60. The summed E-state index contributed by atoms with van der Waals surface area (Å²) in [7, 11) is 0.